The minimum absolute atomic E-state index is 0.0936. The Bertz CT molecular complexity index is 1140. The fourth-order valence-electron chi connectivity index (χ4n) is 4.87. The van der Waals surface area contributed by atoms with Crippen LogP contribution in [0.5, 0.6) is 0 Å². The van der Waals surface area contributed by atoms with Crippen molar-refractivity contribution in [2.45, 2.75) is 51.6 Å². The van der Waals surface area contributed by atoms with E-state index in [0.717, 1.165) is 18.5 Å². The van der Waals surface area contributed by atoms with Crippen LogP contribution in [0.3, 0.4) is 0 Å². The molecule has 1 fully saturated rings. The third-order valence-corrected chi connectivity index (χ3v) is 7.52. The molecule has 6 heteroatoms. The third kappa shape index (κ3) is 6.52. The molecule has 1 aliphatic heterocycles. The summed E-state index contributed by atoms with van der Waals surface area (Å²) in [4.78, 5) is 13.9. The number of Topliss-reactive ketones (excluding diaryl/α,β-unsaturated/α-hetero) is 1. The van der Waals surface area contributed by atoms with Gasteiger partial charge in [-0.25, -0.2) is 0 Å². The molecule has 4 unspecified atom stereocenters. The first-order valence-corrected chi connectivity index (χ1v) is 12.8. The number of ether oxygens (including phenoxy) is 1. The van der Waals surface area contributed by atoms with Gasteiger partial charge in [-0.3, -0.25) is 10.1 Å². The molecule has 0 aromatic heterocycles. The number of halogens is 2. The van der Waals surface area contributed by atoms with Gasteiger partial charge in [-0.15, -0.1) is 0 Å². The minimum atomic E-state index is -0.568. The van der Waals surface area contributed by atoms with Crippen molar-refractivity contribution in [1.82, 2.24) is 10.6 Å². The zero-order chi connectivity index (χ0) is 24.8. The van der Waals surface area contributed by atoms with E-state index in [1.807, 2.05) is 37.3 Å². The van der Waals surface area contributed by atoms with Crippen LogP contribution in [0.1, 0.15) is 41.5 Å². The van der Waals surface area contributed by atoms with Gasteiger partial charge >= 0.3 is 0 Å². The van der Waals surface area contributed by atoms with Crippen LogP contribution in [0.15, 0.2) is 72.8 Å². The molecule has 2 N–H and O–H groups in total. The van der Waals surface area contributed by atoms with Gasteiger partial charge in [-0.2, -0.15) is 0 Å². The standard InChI is InChI=1S/C29H32Cl2N2O2/c1-19-8-6-7-11-23(19)24-14-15-32-29(33-17-21-9-4-3-5-10-21)27(24)28(34)20(2)35-18-22-12-13-25(30)26(31)16-22/h3-13,16,20,24,27,29,32-33H,14-15,17-18H2,1-2H3. The molecule has 0 bridgehead atoms. The smallest absolute Gasteiger partial charge is 0.167 e. The summed E-state index contributed by atoms with van der Waals surface area (Å²) in [5, 5.41) is 8.15. The second-order valence-electron chi connectivity index (χ2n) is 9.18. The van der Waals surface area contributed by atoms with E-state index in [2.05, 4.69) is 47.9 Å². The SMILES string of the molecule is Cc1ccccc1C1CCNC(NCc2ccccc2)C1C(=O)C(C)OCc1ccc(Cl)c(Cl)c1. The predicted octanol–water partition coefficient (Wildman–Crippen LogP) is 6.29. The fraction of sp³-hybridized carbons (Fsp3) is 0.345. The summed E-state index contributed by atoms with van der Waals surface area (Å²) in [6, 6.07) is 24.0. The molecule has 35 heavy (non-hydrogen) atoms. The van der Waals surface area contributed by atoms with Gasteiger partial charge in [0.05, 0.1) is 28.7 Å². The van der Waals surface area contributed by atoms with Crippen molar-refractivity contribution in [1.29, 1.82) is 0 Å². The first-order chi connectivity index (χ1) is 16.9. The monoisotopic (exact) mass is 510 g/mol. The van der Waals surface area contributed by atoms with Gasteiger partial charge in [0.25, 0.3) is 0 Å². The van der Waals surface area contributed by atoms with Gasteiger partial charge in [0.15, 0.2) is 5.78 Å². The second-order valence-corrected chi connectivity index (χ2v) is 9.99. The van der Waals surface area contributed by atoms with Crippen molar-refractivity contribution in [3.05, 3.63) is 105 Å². The Morgan fingerprint density at radius 3 is 2.51 bits per heavy atom. The molecular weight excluding hydrogens is 479 g/mol. The quantitative estimate of drug-likeness (QED) is 0.355. The Balaban J connectivity index is 1.54. The Labute approximate surface area is 218 Å². The number of carbonyl (C=O) groups is 1. The van der Waals surface area contributed by atoms with Crippen LogP contribution in [-0.2, 0) is 22.7 Å². The summed E-state index contributed by atoms with van der Waals surface area (Å²) in [7, 11) is 0. The normalized spacial score (nSPS) is 21.0. The maximum Gasteiger partial charge on any atom is 0.167 e. The number of benzene rings is 3. The van der Waals surface area contributed by atoms with E-state index in [1.54, 1.807) is 12.1 Å². The maximum atomic E-state index is 13.9. The molecule has 1 saturated heterocycles. The number of piperidine rings is 1. The number of carbonyl (C=O) groups excluding carboxylic acids is 1. The molecule has 3 aromatic rings. The minimum Gasteiger partial charge on any atom is -0.366 e. The summed E-state index contributed by atoms with van der Waals surface area (Å²) in [6.07, 6.45) is 0.170. The Hall–Kier alpha value is -2.21. The topological polar surface area (TPSA) is 50.4 Å². The fourth-order valence-corrected chi connectivity index (χ4v) is 5.19. The molecular formula is C29H32Cl2N2O2. The number of ketones is 1. The van der Waals surface area contributed by atoms with Crippen molar-refractivity contribution >= 4 is 29.0 Å². The molecule has 184 valence electrons. The van der Waals surface area contributed by atoms with Crippen LogP contribution in [0.2, 0.25) is 10.0 Å². The van der Waals surface area contributed by atoms with E-state index < -0.39 is 6.10 Å². The summed E-state index contributed by atoms with van der Waals surface area (Å²) >= 11 is 12.2. The number of hydrogen-bond donors (Lipinski definition) is 2. The van der Waals surface area contributed by atoms with Crippen molar-refractivity contribution in [2.75, 3.05) is 6.54 Å². The summed E-state index contributed by atoms with van der Waals surface area (Å²) < 4.78 is 6.06. The van der Waals surface area contributed by atoms with Crippen molar-refractivity contribution < 1.29 is 9.53 Å². The second kappa shape index (κ2) is 12.2. The van der Waals surface area contributed by atoms with Crippen LogP contribution in [0, 0.1) is 12.8 Å². The summed E-state index contributed by atoms with van der Waals surface area (Å²) in [5.41, 5.74) is 4.51. The highest BCUT2D eigenvalue weighted by atomic mass is 35.5. The highest BCUT2D eigenvalue weighted by Gasteiger charge is 2.41. The van der Waals surface area contributed by atoms with Gasteiger partial charge in [0.1, 0.15) is 6.10 Å². The van der Waals surface area contributed by atoms with Crippen LogP contribution in [0.4, 0.5) is 0 Å². The molecule has 1 aliphatic rings. The summed E-state index contributed by atoms with van der Waals surface area (Å²) in [5.74, 6) is -0.0670. The number of nitrogens with one attached hydrogen (secondary N) is 2. The van der Waals surface area contributed by atoms with Crippen molar-refractivity contribution in [3.63, 3.8) is 0 Å². The number of aryl methyl sites for hydroxylation is 1. The van der Waals surface area contributed by atoms with Gasteiger partial charge in [0, 0.05) is 6.54 Å². The van der Waals surface area contributed by atoms with Gasteiger partial charge in [-0.05, 0) is 67.1 Å². The highest BCUT2D eigenvalue weighted by Crippen LogP contribution is 2.36. The van der Waals surface area contributed by atoms with E-state index in [-0.39, 0.29) is 23.8 Å². The number of rotatable bonds is 9. The molecule has 0 saturated carbocycles. The first-order valence-electron chi connectivity index (χ1n) is 12.1. The Morgan fingerprint density at radius 1 is 1.03 bits per heavy atom. The van der Waals surface area contributed by atoms with Crippen molar-refractivity contribution in [3.8, 4) is 0 Å². The lowest BCUT2D eigenvalue weighted by atomic mass is 9.74. The van der Waals surface area contributed by atoms with Crippen LogP contribution < -0.4 is 10.6 Å². The van der Waals surface area contributed by atoms with Crippen LogP contribution in [-0.4, -0.2) is 24.6 Å². The largest absolute Gasteiger partial charge is 0.366 e. The van der Waals surface area contributed by atoms with Crippen LogP contribution >= 0.6 is 23.2 Å². The Morgan fingerprint density at radius 2 is 1.77 bits per heavy atom. The maximum absolute atomic E-state index is 13.9. The van der Waals surface area contributed by atoms with E-state index >= 15 is 0 Å². The molecule has 4 nitrogen and oxygen atoms in total. The molecule has 3 aromatic carbocycles. The van der Waals surface area contributed by atoms with E-state index in [9.17, 15) is 4.79 Å². The van der Waals surface area contributed by atoms with Crippen LogP contribution in [0.25, 0.3) is 0 Å². The lowest BCUT2D eigenvalue weighted by Crippen LogP contribution is -2.57. The molecule has 4 rings (SSSR count). The molecule has 0 amide bonds. The molecule has 0 radical (unpaired) electrons. The van der Waals surface area contributed by atoms with Gasteiger partial charge in [-0.1, -0.05) is 83.9 Å². The van der Waals surface area contributed by atoms with E-state index in [0.29, 0.717) is 23.2 Å². The number of hydrogen-bond acceptors (Lipinski definition) is 4. The summed E-state index contributed by atoms with van der Waals surface area (Å²) in [6.45, 7) is 5.78. The third-order valence-electron chi connectivity index (χ3n) is 6.78. The average Bonchev–Trinajstić information content (AvgIpc) is 2.88. The average molecular weight is 511 g/mol. The van der Waals surface area contributed by atoms with Gasteiger partial charge in [0.2, 0.25) is 0 Å². The lowest BCUT2D eigenvalue weighted by Gasteiger charge is -2.40. The van der Waals surface area contributed by atoms with Crippen molar-refractivity contribution in [2.24, 2.45) is 5.92 Å². The van der Waals surface area contributed by atoms with E-state index in [4.69, 9.17) is 27.9 Å². The highest BCUT2D eigenvalue weighted by molar-refractivity contribution is 6.42. The van der Waals surface area contributed by atoms with E-state index in [1.165, 1.54) is 16.7 Å². The zero-order valence-electron chi connectivity index (χ0n) is 20.1. The Kier molecular flexibility index (Phi) is 8.99. The first kappa shape index (κ1) is 25.9. The molecule has 0 aliphatic carbocycles. The molecule has 4 atom stereocenters. The lowest BCUT2D eigenvalue weighted by molar-refractivity contribution is -0.137. The molecule has 1 heterocycles. The predicted molar refractivity (Wildman–Crippen MR) is 143 cm³/mol. The zero-order valence-corrected chi connectivity index (χ0v) is 21.7. The van der Waals surface area contributed by atoms with Gasteiger partial charge < -0.3 is 10.1 Å². The molecule has 0 spiro atoms.